The van der Waals surface area contributed by atoms with E-state index >= 15 is 0 Å². The number of rotatable bonds is 4. The third-order valence-corrected chi connectivity index (χ3v) is 6.23. The fraction of sp³-hybridized carbons (Fsp3) is 0.286. The van der Waals surface area contributed by atoms with Crippen molar-refractivity contribution in [1.82, 2.24) is 5.32 Å². The summed E-state index contributed by atoms with van der Waals surface area (Å²) in [7, 11) is 0. The zero-order chi connectivity index (χ0) is 20.8. The van der Waals surface area contributed by atoms with E-state index in [0.717, 1.165) is 5.56 Å². The highest BCUT2D eigenvalue weighted by molar-refractivity contribution is 9.10. The maximum absolute atomic E-state index is 13.0. The maximum atomic E-state index is 13.0. The van der Waals surface area contributed by atoms with Gasteiger partial charge in [0.2, 0.25) is 0 Å². The van der Waals surface area contributed by atoms with Crippen LogP contribution in [0.25, 0.3) is 0 Å². The van der Waals surface area contributed by atoms with Gasteiger partial charge < -0.3 is 10.1 Å². The summed E-state index contributed by atoms with van der Waals surface area (Å²) in [4.78, 5) is 24.9. The number of terminal acetylenes is 1. The average Bonchev–Trinajstić information content (AvgIpc) is 3.15. The molecule has 1 saturated heterocycles. The van der Waals surface area contributed by atoms with Crippen molar-refractivity contribution in [2.75, 3.05) is 11.9 Å². The fourth-order valence-electron chi connectivity index (χ4n) is 4.51. The second-order valence-electron chi connectivity index (χ2n) is 7.18. The van der Waals surface area contributed by atoms with Crippen LogP contribution in [0.5, 0.6) is 5.75 Å². The normalized spacial score (nSPS) is 27.3. The van der Waals surface area contributed by atoms with Gasteiger partial charge in [0.15, 0.2) is 5.54 Å². The molecule has 0 aromatic heterocycles. The van der Waals surface area contributed by atoms with Crippen LogP contribution in [-0.2, 0) is 10.3 Å². The number of para-hydroxylation sites is 1. The van der Waals surface area contributed by atoms with E-state index in [1.54, 1.807) is 42.5 Å². The number of anilines is 1. The molecule has 2 aliphatic heterocycles. The molecule has 1 spiro atoms. The zero-order valence-electron chi connectivity index (χ0n) is 15.5. The molecule has 1 fully saturated rings. The van der Waals surface area contributed by atoms with E-state index in [4.69, 9.17) is 11.2 Å². The summed E-state index contributed by atoms with van der Waals surface area (Å²) in [5.74, 6) is 2.03. The number of halogens is 1. The van der Waals surface area contributed by atoms with Crippen LogP contribution in [-0.4, -0.2) is 29.5 Å². The fourth-order valence-corrected chi connectivity index (χ4v) is 5.03. The summed E-state index contributed by atoms with van der Waals surface area (Å²) in [5.41, 5.74) is 0.522. The van der Waals surface area contributed by atoms with Gasteiger partial charge in [-0.2, -0.15) is 0 Å². The standard InChI is InChI=1S/C21H18BrN3O4/c1-3-10-29-17-9-8-13(11-15(17)22)18-12(2)24-21(19(18)25(27)28)14-6-4-5-7-16(14)23-20(21)26/h1,4-9,11-12,18-19,24H,10H2,2H3,(H,23,26)/t12-,18-,19-,21-/m0/s1. The number of ether oxygens (including phenoxy) is 1. The molecule has 2 N–H and O–H groups in total. The van der Waals surface area contributed by atoms with Crippen LogP contribution in [0.3, 0.4) is 0 Å². The Kier molecular flexibility index (Phi) is 4.81. The first-order valence-electron chi connectivity index (χ1n) is 9.08. The van der Waals surface area contributed by atoms with Gasteiger partial charge in [-0.3, -0.25) is 20.2 Å². The molecule has 8 heteroatoms. The first-order valence-corrected chi connectivity index (χ1v) is 9.87. The van der Waals surface area contributed by atoms with E-state index in [-0.39, 0.29) is 17.6 Å². The predicted octanol–water partition coefficient (Wildman–Crippen LogP) is 3.03. The SMILES string of the molecule is C#CCOc1ccc([C@@H]2[C@H](C)N[C@]3(C(=O)Nc4ccccc43)[C@H]2[N+](=O)[O-])cc1Br. The van der Waals surface area contributed by atoms with E-state index in [9.17, 15) is 14.9 Å². The van der Waals surface area contributed by atoms with Crippen LogP contribution in [0.15, 0.2) is 46.9 Å². The summed E-state index contributed by atoms with van der Waals surface area (Å²) in [5, 5.41) is 18.3. The molecule has 0 unspecified atom stereocenters. The smallest absolute Gasteiger partial charge is 0.256 e. The summed E-state index contributed by atoms with van der Waals surface area (Å²) >= 11 is 3.45. The van der Waals surface area contributed by atoms with Gasteiger partial charge in [0, 0.05) is 22.2 Å². The molecule has 148 valence electrons. The Morgan fingerprint density at radius 1 is 1.34 bits per heavy atom. The highest BCUT2D eigenvalue weighted by atomic mass is 79.9. The first-order chi connectivity index (χ1) is 13.9. The van der Waals surface area contributed by atoms with Crippen LogP contribution < -0.4 is 15.4 Å². The maximum Gasteiger partial charge on any atom is 0.256 e. The molecule has 2 aromatic carbocycles. The van der Waals surface area contributed by atoms with Crippen molar-refractivity contribution in [1.29, 1.82) is 0 Å². The molecule has 2 heterocycles. The molecule has 4 rings (SSSR count). The van der Waals surface area contributed by atoms with Gasteiger partial charge in [0.05, 0.1) is 10.4 Å². The number of amides is 1. The number of nitro groups is 1. The van der Waals surface area contributed by atoms with Gasteiger partial charge >= 0.3 is 0 Å². The Hall–Kier alpha value is -2.89. The Morgan fingerprint density at radius 3 is 2.79 bits per heavy atom. The van der Waals surface area contributed by atoms with Gasteiger partial charge in [-0.15, -0.1) is 6.42 Å². The third-order valence-electron chi connectivity index (χ3n) is 5.62. The molecule has 0 bridgehead atoms. The Bertz CT molecular complexity index is 1050. The quantitative estimate of drug-likeness (QED) is 0.419. The number of nitrogens with one attached hydrogen (secondary N) is 2. The van der Waals surface area contributed by atoms with Gasteiger partial charge in [-0.1, -0.05) is 30.2 Å². The largest absolute Gasteiger partial charge is 0.480 e. The minimum absolute atomic E-state index is 0.122. The van der Waals surface area contributed by atoms with Crippen molar-refractivity contribution in [3.63, 3.8) is 0 Å². The molecule has 1 amide bonds. The lowest BCUT2D eigenvalue weighted by Gasteiger charge is -2.25. The Balaban J connectivity index is 1.80. The van der Waals surface area contributed by atoms with Crippen molar-refractivity contribution in [3.05, 3.63) is 68.2 Å². The van der Waals surface area contributed by atoms with Gasteiger partial charge in [0.1, 0.15) is 12.4 Å². The highest BCUT2D eigenvalue weighted by Crippen LogP contribution is 2.50. The summed E-state index contributed by atoms with van der Waals surface area (Å²) < 4.78 is 6.11. The minimum atomic E-state index is -1.42. The Labute approximate surface area is 176 Å². The summed E-state index contributed by atoms with van der Waals surface area (Å²) in [6, 6.07) is 10.9. The number of benzene rings is 2. The number of fused-ring (bicyclic) bond motifs is 2. The van der Waals surface area contributed by atoms with E-state index in [2.05, 4.69) is 32.5 Å². The molecule has 2 aromatic rings. The van der Waals surface area contributed by atoms with Crippen LogP contribution >= 0.6 is 15.9 Å². The van der Waals surface area contributed by atoms with Crippen molar-refractivity contribution in [2.24, 2.45) is 0 Å². The average molecular weight is 456 g/mol. The molecular weight excluding hydrogens is 438 g/mol. The number of hydrogen-bond donors (Lipinski definition) is 2. The molecule has 7 nitrogen and oxygen atoms in total. The topological polar surface area (TPSA) is 93.5 Å². The molecular formula is C21H18BrN3O4. The lowest BCUT2D eigenvalue weighted by atomic mass is 9.78. The number of carbonyl (C=O) groups is 1. The predicted molar refractivity (Wildman–Crippen MR) is 111 cm³/mol. The monoisotopic (exact) mass is 455 g/mol. The molecule has 0 saturated carbocycles. The first kappa shape index (κ1) is 19.4. The van der Waals surface area contributed by atoms with Crippen molar-refractivity contribution in [3.8, 4) is 18.1 Å². The highest BCUT2D eigenvalue weighted by Gasteiger charge is 2.67. The molecule has 2 aliphatic rings. The number of nitrogens with zero attached hydrogens (tertiary/aromatic N) is 1. The second-order valence-corrected chi connectivity index (χ2v) is 8.03. The number of carbonyl (C=O) groups excluding carboxylic acids is 1. The molecule has 0 radical (unpaired) electrons. The van der Waals surface area contributed by atoms with E-state index in [1.807, 2.05) is 6.92 Å². The van der Waals surface area contributed by atoms with E-state index < -0.39 is 23.4 Å². The lowest BCUT2D eigenvalue weighted by Crippen LogP contribution is -2.54. The van der Waals surface area contributed by atoms with E-state index in [0.29, 0.717) is 21.5 Å². The van der Waals surface area contributed by atoms with Crippen molar-refractivity contribution in [2.45, 2.75) is 30.5 Å². The van der Waals surface area contributed by atoms with Gasteiger partial charge in [-0.25, -0.2) is 0 Å². The summed E-state index contributed by atoms with van der Waals surface area (Å²) in [6.45, 7) is 1.98. The number of hydrogen-bond acceptors (Lipinski definition) is 5. The lowest BCUT2D eigenvalue weighted by molar-refractivity contribution is -0.532. The van der Waals surface area contributed by atoms with Gasteiger partial charge in [-0.05, 0) is 46.6 Å². The zero-order valence-corrected chi connectivity index (χ0v) is 17.1. The minimum Gasteiger partial charge on any atom is -0.480 e. The van der Waals surface area contributed by atoms with Gasteiger partial charge in [0.25, 0.3) is 11.9 Å². The van der Waals surface area contributed by atoms with E-state index in [1.165, 1.54) is 0 Å². The second kappa shape index (κ2) is 7.17. The van der Waals surface area contributed by atoms with Crippen LogP contribution in [0.1, 0.15) is 24.0 Å². The van der Waals surface area contributed by atoms with Crippen molar-refractivity contribution < 1.29 is 14.5 Å². The summed E-state index contributed by atoms with van der Waals surface area (Å²) in [6.07, 6.45) is 5.23. The Morgan fingerprint density at radius 2 is 2.10 bits per heavy atom. The third kappa shape index (κ3) is 2.89. The van der Waals surface area contributed by atoms with Crippen LogP contribution in [0.4, 0.5) is 5.69 Å². The molecule has 4 atom stereocenters. The van der Waals surface area contributed by atoms with Crippen LogP contribution in [0.2, 0.25) is 0 Å². The molecule has 0 aliphatic carbocycles. The molecule has 29 heavy (non-hydrogen) atoms. The van der Waals surface area contributed by atoms with Crippen molar-refractivity contribution >= 4 is 27.5 Å². The van der Waals surface area contributed by atoms with Crippen LogP contribution in [0, 0.1) is 22.5 Å².